The van der Waals surface area contributed by atoms with Gasteiger partial charge >= 0.3 is 7.69 Å². The molecular formula is C34H23BNO3. The van der Waals surface area contributed by atoms with Gasteiger partial charge in [0, 0.05) is 39.3 Å². The summed E-state index contributed by atoms with van der Waals surface area (Å²) in [5.74, 6) is 0.554. The first-order valence-corrected chi connectivity index (χ1v) is 12.8. The second-order valence-electron chi connectivity index (χ2n) is 9.41. The van der Waals surface area contributed by atoms with Crippen molar-refractivity contribution in [1.82, 2.24) is 0 Å². The van der Waals surface area contributed by atoms with Gasteiger partial charge in [-0.3, -0.25) is 0 Å². The predicted octanol–water partition coefficient (Wildman–Crippen LogP) is 8.78. The maximum absolute atomic E-state index is 9.05. The highest BCUT2D eigenvalue weighted by Gasteiger charge is 2.17. The van der Waals surface area contributed by atoms with Crippen LogP contribution in [0.3, 0.4) is 0 Å². The van der Waals surface area contributed by atoms with Crippen molar-refractivity contribution in [3.63, 3.8) is 0 Å². The second kappa shape index (κ2) is 9.71. The van der Waals surface area contributed by atoms with E-state index in [-0.39, 0.29) is 0 Å². The third-order valence-electron chi connectivity index (χ3n) is 7.10. The summed E-state index contributed by atoms with van der Waals surface area (Å²) in [6.07, 6.45) is 0. The normalized spacial score (nSPS) is 11.2. The molecule has 0 aliphatic rings. The lowest BCUT2D eigenvalue weighted by molar-refractivity contribution is 0.454. The van der Waals surface area contributed by atoms with Crippen molar-refractivity contribution in [2.75, 3.05) is 4.90 Å². The zero-order valence-corrected chi connectivity index (χ0v) is 21.0. The molecule has 4 nitrogen and oxygen atoms in total. The molecule has 7 rings (SSSR count). The van der Waals surface area contributed by atoms with Crippen LogP contribution in [0.4, 0.5) is 17.1 Å². The molecule has 1 heterocycles. The molecule has 185 valence electrons. The van der Waals surface area contributed by atoms with E-state index in [1.165, 1.54) is 0 Å². The molecule has 6 aromatic carbocycles. The van der Waals surface area contributed by atoms with Crippen LogP contribution in [0.5, 0.6) is 5.75 Å². The molecular weight excluding hydrogens is 481 g/mol. The number of hydrogen-bond acceptors (Lipinski definition) is 4. The van der Waals surface area contributed by atoms with E-state index < -0.39 is 0 Å². The first kappa shape index (κ1) is 23.1. The molecule has 0 atom stereocenters. The summed E-state index contributed by atoms with van der Waals surface area (Å²) in [5, 5.41) is 13.5. The van der Waals surface area contributed by atoms with Crippen LogP contribution in [0.25, 0.3) is 43.8 Å². The molecule has 0 unspecified atom stereocenters. The highest BCUT2D eigenvalue weighted by Crippen LogP contribution is 2.41. The number of anilines is 3. The van der Waals surface area contributed by atoms with Crippen LogP contribution in [0.2, 0.25) is 0 Å². The Hall–Kier alpha value is -5.00. The fourth-order valence-electron chi connectivity index (χ4n) is 5.27. The van der Waals surface area contributed by atoms with Gasteiger partial charge in [-0.15, -0.1) is 0 Å². The Morgan fingerprint density at radius 3 is 2.13 bits per heavy atom. The van der Waals surface area contributed by atoms with Gasteiger partial charge < -0.3 is 19.0 Å². The van der Waals surface area contributed by atoms with Gasteiger partial charge in [-0.1, -0.05) is 72.8 Å². The summed E-state index contributed by atoms with van der Waals surface area (Å²) in [6.45, 7) is 0. The van der Waals surface area contributed by atoms with Crippen LogP contribution in [0, 0.1) is 0 Å². The first-order valence-electron chi connectivity index (χ1n) is 12.8. The molecule has 0 spiro atoms. The van der Waals surface area contributed by atoms with Gasteiger partial charge in [-0.05, 0) is 71.1 Å². The highest BCUT2D eigenvalue weighted by molar-refractivity contribution is 6.17. The highest BCUT2D eigenvalue weighted by atomic mass is 16.5. The van der Waals surface area contributed by atoms with Gasteiger partial charge in [-0.25, -0.2) is 0 Å². The van der Waals surface area contributed by atoms with E-state index in [2.05, 4.69) is 95.9 Å². The van der Waals surface area contributed by atoms with Crippen molar-refractivity contribution in [2.45, 2.75) is 0 Å². The fraction of sp³-hybridized carbons (Fsp3) is 0. The average Bonchev–Trinajstić information content (AvgIpc) is 3.37. The Balaban J connectivity index is 1.40. The van der Waals surface area contributed by atoms with Crippen LogP contribution >= 0.6 is 0 Å². The molecule has 5 heteroatoms. The summed E-state index contributed by atoms with van der Waals surface area (Å²) in [7, 11) is 0.690. The minimum atomic E-state index is 0.554. The quantitative estimate of drug-likeness (QED) is 0.230. The Bertz CT molecular complexity index is 1930. The van der Waals surface area contributed by atoms with Crippen molar-refractivity contribution >= 4 is 57.5 Å². The van der Waals surface area contributed by atoms with E-state index in [0.29, 0.717) is 13.4 Å². The number of fused-ring (bicyclic) bond motifs is 5. The SMILES string of the molecule is O[B]Oc1ccc(N(c2cccc(-c3ccccc3)c2)c2ccc3c(c2)oc2c4ccccc4ccc32)cc1. The van der Waals surface area contributed by atoms with Crippen molar-refractivity contribution in [1.29, 1.82) is 0 Å². The van der Waals surface area contributed by atoms with Crippen LogP contribution in [-0.2, 0) is 0 Å². The zero-order valence-electron chi connectivity index (χ0n) is 21.0. The molecule has 0 aliphatic carbocycles. The molecule has 0 aliphatic heterocycles. The number of benzene rings is 6. The molecule has 0 saturated carbocycles. The van der Waals surface area contributed by atoms with E-state index in [1.807, 2.05) is 42.5 Å². The third kappa shape index (κ3) is 4.19. The molecule has 0 bridgehead atoms. The van der Waals surface area contributed by atoms with Crippen molar-refractivity contribution < 1.29 is 14.1 Å². The van der Waals surface area contributed by atoms with E-state index in [1.54, 1.807) is 0 Å². The van der Waals surface area contributed by atoms with Crippen molar-refractivity contribution in [3.05, 3.63) is 133 Å². The molecule has 39 heavy (non-hydrogen) atoms. The van der Waals surface area contributed by atoms with Crippen molar-refractivity contribution in [3.8, 4) is 16.9 Å². The van der Waals surface area contributed by atoms with Crippen molar-refractivity contribution in [2.24, 2.45) is 0 Å². The van der Waals surface area contributed by atoms with E-state index >= 15 is 0 Å². The lowest BCUT2D eigenvalue weighted by Crippen LogP contribution is -2.10. The molecule has 1 N–H and O–H groups in total. The maximum Gasteiger partial charge on any atom is 0.569 e. The summed E-state index contributed by atoms with van der Waals surface area (Å²) in [6, 6.07) is 45.5. The smallest absolute Gasteiger partial charge is 0.537 e. The largest absolute Gasteiger partial charge is 0.569 e. The van der Waals surface area contributed by atoms with Gasteiger partial charge in [0.15, 0.2) is 0 Å². The topological polar surface area (TPSA) is 45.8 Å². The van der Waals surface area contributed by atoms with E-state index in [9.17, 15) is 0 Å². The monoisotopic (exact) mass is 504 g/mol. The number of hydrogen-bond donors (Lipinski definition) is 1. The summed E-state index contributed by atoms with van der Waals surface area (Å²) >= 11 is 0. The summed E-state index contributed by atoms with van der Waals surface area (Å²) in [4.78, 5) is 2.20. The van der Waals surface area contributed by atoms with Crippen LogP contribution < -0.4 is 9.55 Å². The van der Waals surface area contributed by atoms with Crippen LogP contribution in [-0.4, -0.2) is 12.7 Å². The minimum Gasteiger partial charge on any atom is -0.537 e. The standard InChI is InChI=1S/C34H23BNO3/c37-35-39-29-17-14-26(15-18-29)36(27-11-6-10-25(21-27)23-7-2-1-3-8-23)28-16-20-31-32-19-13-24-9-4-5-12-30(24)34(32)38-33(31)22-28/h1-22,37H. The number of rotatable bonds is 6. The average molecular weight is 504 g/mol. The van der Waals surface area contributed by atoms with Gasteiger partial charge in [0.2, 0.25) is 0 Å². The Labute approximate surface area is 226 Å². The lowest BCUT2D eigenvalue weighted by Gasteiger charge is -2.26. The first-order chi connectivity index (χ1) is 19.3. The van der Waals surface area contributed by atoms with Gasteiger partial charge in [-0.2, -0.15) is 0 Å². The van der Waals surface area contributed by atoms with Gasteiger partial charge in [0.05, 0.1) is 0 Å². The molecule has 0 saturated heterocycles. The molecule has 7 aromatic rings. The zero-order chi connectivity index (χ0) is 26.2. The van der Waals surface area contributed by atoms with Gasteiger partial charge in [0.25, 0.3) is 0 Å². The molecule has 1 aromatic heterocycles. The second-order valence-corrected chi connectivity index (χ2v) is 9.41. The van der Waals surface area contributed by atoms with E-state index in [4.69, 9.17) is 14.1 Å². The molecule has 1 radical (unpaired) electrons. The molecule has 0 amide bonds. The van der Waals surface area contributed by atoms with Crippen LogP contribution in [0.15, 0.2) is 138 Å². The van der Waals surface area contributed by atoms with Gasteiger partial charge in [0.1, 0.15) is 16.9 Å². The Morgan fingerprint density at radius 2 is 1.28 bits per heavy atom. The maximum atomic E-state index is 9.05. The predicted molar refractivity (Wildman–Crippen MR) is 160 cm³/mol. The summed E-state index contributed by atoms with van der Waals surface area (Å²) < 4.78 is 11.6. The van der Waals surface area contributed by atoms with E-state index in [0.717, 1.165) is 60.9 Å². The Kier molecular flexibility index (Phi) is 5.76. The molecule has 0 fully saturated rings. The number of furan rings is 1. The Morgan fingerprint density at radius 1 is 0.564 bits per heavy atom. The third-order valence-corrected chi connectivity index (χ3v) is 7.10. The summed E-state index contributed by atoms with van der Waals surface area (Å²) in [5.41, 5.74) is 6.95. The minimum absolute atomic E-state index is 0.554. The van der Waals surface area contributed by atoms with Crippen LogP contribution in [0.1, 0.15) is 0 Å². The fourth-order valence-corrected chi connectivity index (χ4v) is 5.27. The number of nitrogens with zero attached hydrogens (tertiary/aromatic N) is 1. The lowest BCUT2D eigenvalue weighted by atomic mass is 10.0.